The smallest absolute Gasteiger partial charge is 0.122 e. The number of halogens is 1. The summed E-state index contributed by atoms with van der Waals surface area (Å²) in [7, 11) is 0. The zero-order chi connectivity index (χ0) is 10.1. The summed E-state index contributed by atoms with van der Waals surface area (Å²) in [6, 6.07) is 6.01. The fourth-order valence-corrected chi connectivity index (χ4v) is 1.85. The highest BCUT2D eigenvalue weighted by Gasteiger charge is 2.27. The highest BCUT2D eigenvalue weighted by atomic mass is 35.5. The molecule has 0 aromatic heterocycles. The Labute approximate surface area is 89.0 Å². The average molecular weight is 212 g/mol. The van der Waals surface area contributed by atoms with Gasteiger partial charge in [0.25, 0.3) is 0 Å². The van der Waals surface area contributed by atoms with Gasteiger partial charge in [0.1, 0.15) is 11.9 Å². The molecule has 2 rings (SSSR count). The molecule has 0 radical (unpaired) electrons. The summed E-state index contributed by atoms with van der Waals surface area (Å²) in [4.78, 5) is 0. The van der Waals surface area contributed by atoms with Gasteiger partial charge in [0, 0.05) is 11.1 Å². The van der Waals surface area contributed by atoms with Crippen LogP contribution in [0.4, 0.5) is 0 Å². The van der Waals surface area contributed by atoms with Gasteiger partial charge in [-0.05, 0) is 43.5 Å². The van der Waals surface area contributed by atoms with Gasteiger partial charge in [0.05, 0.1) is 0 Å². The van der Waals surface area contributed by atoms with E-state index in [1.807, 2.05) is 25.1 Å². The Balaban J connectivity index is 2.02. The van der Waals surface area contributed by atoms with Crippen molar-refractivity contribution in [1.29, 1.82) is 0 Å². The Kier molecular flexibility index (Phi) is 2.66. The Morgan fingerprint density at radius 1 is 1.43 bits per heavy atom. The first-order valence-electron chi connectivity index (χ1n) is 4.83. The molecule has 0 unspecified atom stereocenters. The zero-order valence-corrected chi connectivity index (χ0v) is 8.92. The largest absolute Gasteiger partial charge is 0.490 e. The highest BCUT2D eigenvalue weighted by molar-refractivity contribution is 6.30. The number of benzene rings is 1. The van der Waals surface area contributed by atoms with E-state index in [0.717, 1.165) is 29.2 Å². The first-order valence-corrected chi connectivity index (χ1v) is 5.21. The summed E-state index contributed by atoms with van der Waals surface area (Å²) in [5, 5.41) is 0.750. The second-order valence-electron chi connectivity index (χ2n) is 3.88. The zero-order valence-electron chi connectivity index (χ0n) is 8.16. The molecular weight excluding hydrogens is 198 g/mol. The molecule has 0 aliphatic heterocycles. The summed E-state index contributed by atoms with van der Waals surface area (Å²) >= 11 is 5.85. The summed E-state index contributed by atoms with van der Waals surface area (Å²) in [5.74, 6) is 0.923. The Morgan fingerprint density at radius 3 is 2.71 bits per heavy atom. The maximum absolute atomic E-state index is 5.85. The molecule has 2 nitrogen and oxygen atoms in total. The quantitative estimate of drug-likeness (QED) is 0.816. The number of ether oxygens (including phenoxy) is 1. The van der Waals surface area contributed by atoms with E-state index in [9.17, 15) is 0 Å². The van der Waals surface area contributed by atoms with E-state index in [4.69, 9.17) is 22.1 Å². The van der Waals surface area contributed by atoms with Crippen LogP contribution in [0.25, 0.3) is 0 Å². The van der Waals surface area contributed by atoms with Gasteiger partial charge in [0.2, 0.25) is 0 Å². The molecule has 0 amide bonds. The van der Waals surface area contributed by atoms with Crippen molar-refractivity contribution in [2.45, 2.75) is 31.9 Å². The van der Waals surface area contributed by atoms with Gasteiger partial charge >= 0.3 is 0 Å². The van der Waals surface area contributed by atoms with Crippen molar-refractivity contribution in [2.24, 2.45) is 5.73 Å². The SMILES string of the molecule is Cc1cc(Cl)ccc1OC1CC(N)C1. The molecule has 14 heavy (non-hydrogen) atoms. The van der Waals surface area contributed by atoms with Gasteiger partial charge in [0.15, 0.2) is 0 Å². The summed E-state index contributed by atoms with van der Waals surface area (Å²) in [6.07, 6.45) is 2.22. The highest BCUT2D eigenvalue weighted by Crippen LogP contribution is 2.28. The molecule has 0 bridgehead atoms. The van der Waals surface area contributed by atoms with Crippen LogP contribution in [0, 0.1) is 6.92 Å². The van der Waals surface area contributed by atoms with Gasteiger partial charge in [-0.15, -0.1) is 0 Å². The fraction of sp³-hybridized carbons (Fsp3) is 0.455. The lowest BCUT2D eigenvalue weighted by molar-refractivity contribution is 0.100. The minimum Gasteiger partial charge on any atom is -0.490 e. The van der Waals surface area contributed by atoms with Gasteiger partial charge in [-0.25, -0.2) is 0 Å². The average Bonchev–Trinajstić information content (AvgIpc) is 2.06. The van der Waals surface area contributed by atoms with E-state index < -0.39 is 0 Å². The van der Waals surface area contributed by atoms with Crippen molar-refractivity contribution in [1.82, 2.24) is 0 Å². The molecule has 1 aromatic rings. The van der Waals surface area contributed by atoms with Crippen LogP contribution in [-0.2, 0) is 0 Å². The van der Waals surface area contributed by atoms with Crippen LogP contribution < -0.4 is 10.5 Å². The summed E-state index contributed by atoms with van der Waals surface area (Å²) < 4.78 is 5.77. The van der Waals surface area contributed by atoms with Crippen LogP contribution in [-0.4, -0.2) is 12.1 Å². The predicted octanol–water partition coefficient (Wildman–Crippen LogP) is 2.52. The molecule has 0 spiro atoms. The van der Waals surface area contributed by atoms with E-state index in [1.54, 1.807) is 0 Å². The lowest BCUT2D eigenvalue weighted by atomic mass is 9.90. The molecule has 76 valence electrons. The van der Waals surface area contributed by atoms with Gasteiger partial charge in [-0.2, -0.15) is 0 Å². The molecule has 2 N–H and O–H groups in total. The third-order valence-electron chi connectivity index (χ3n) is 2.56. The number of hydrogen-bond acceptors (Lipinski definition) is 2. The van der Waals surface area contributed by atoms with Crippen molar-refractivity contribution in [3.63, 3.8) is 0 Å². The number of aryl methyl sites for hydroxylation is 1. The van der Waals surface area contributed by atoms with E-state index in [1.165, 1.54) is 0 Å². The topological polar surface area (TPSA) is 35.2 Å². The molecule has 3 heteroatoms. The van der Waals surface area contributed by atoms with Gasteiger partial charge in [-0.3, -0.25) is 0 Å². The summed E-state index contributed by atoms with van der Waals surface area (Å²) in [6.45, 7) is 2.00. The number of rotatable bonds is 2. The van der Waals surface area contributed by atoms with Crippen LogP contribution in [0.5, 0.6) is 5.75 Å². The lowest BCUT2D eigenvalue weighted by Gasteiger charge is -2.33. The Morgan fingerprint density at radius 2 is 2.14 bits per heavy atom. The molecule has 0 saturated heterocycles. The first-order chi connectivity index (χ1) is 6.65. The van der Waals surface area contributed by atoms with Crippen LogP contribution in [0.1, 0.15) is 18.4 Å². The van der Waals surface area contributed by atoms with E-state index in [2.05, 4.69) is 0 Å². The fourth-order valence-electron chi connectivity index (χ4n) is 1.63. The first kappa shape index (κ1) is 9.81. The van der Waals surface area contributed by atoms with Crippen LogP contribution >= 0.6 is 11.6 Å². The minimum atomic E-state index is 0.296. The predicted molar refractivity (Wildman–Crippen MR) is 57.8 cm³/mol. The van der Waals surface area contributed by atoms with E-state index in [-0.39, 0.29) is 0 Å². The van der Waals surface area contributed by atoms with Crippen LogP contribution in [0.3, 0.4) is 0 Å². The van der Waals surface area contributed by atoms with Gasteiger partial charge in [-0.1, -0.05) is 11.6 Å². The number of hydrogen-bond donors (Lipinski definition) is 1. The van der Waals surface area contributed by atoms with E-state index in [0.29, 0.717) is 12.1 Å². The normalized spacial score (nSPS) is 25.6. The van der Waals surface area contributed by atoms with Crippen molar-refractivity contribution in [3.05, 3.63) is 28.8 Å². The second-order valence-corrected chi connectivity index (χ2v) is 4.32. The molecule has 1 aliphatic rings. The third-order valence-corrected chi connectivity index (χ3v) is 2.80. The molecule has 1 aromatic carbocycles. The Hall–Kier alpha value is -0.730. The van der Waals surface area contributed by atoms with Crippen LogP contribution in [0.2, 0.25) is 5.02 Å². The van der Waals surface area contributed by atoms with Crippen molar-refractivity contribution >= 4 is 11.6 Å². The lowest BCUT2D eigenvalue weighted by Crippen LogP contribution is -2.43. The molecular formula is C11H14ClNO. The summed E-state index contributed by atoms with van der Waals surface area (Å²) in [5.41, 5.74) is 6.77. The maximum Gasteiger partial charge on any atom is 0.122 e. The standard InChI is InChI=1S/C11H14ClNO/c1-7-4-8(12)2-3-11(7)14-10-5-9(13)6-10/h2-4,9-10H,5-6,13H2,1H3. The molecule has 0 heterocycles. The van der Waals surface area contributed by atoms with E-state index >= 15 is 0 Å². The molecule has 1 aliphatic carbocycles. The van der Waals surface area contributed by atoms with Gasteiger partial charge < -0.3 is 10.5 Å². The third kappa shape index (κ3) is 2.02. The monoisotopic (exact) mass is 211 g/mol. The number of nitrogens with two attached hydrogens (primary N) is 1. The Bertz CT molecular complexity index is 334. The van der Waals surface area contributed by atoms with Crippen molar-refractivity contribution in [2.75, 3.05) is 0 Å². The second kappa shape index (κ2) is 3.79. The molecule has 0 atom stereocenters. The molecule has 1 fully saturated rings. The van der Waals surface area contributed by atoms with Crippen molar-refractivity contribution < 1.29 is 4.74 Å². The minimum absolute atomic E-state index is 0.296. The van der Waals surface area contributed by atoms with Crippen LogP contribution in [0.15, 0.2) is 18.2 Å². The molecule has 1 saturated carbocycles. The van der Waals surface area contributed by atoms with Crippen molar-refractivity contribution in [3.8, 4) is 5.75 Å². The maximum atomic E-state index is 5.85.